The van der Waals surface area contributed by atoms with Gasteiger partial charge >= 0.3 is 6.55 Å². The molecule has 2 aromatic rings. The lowest BCUT2D eigenvalue weighted by Crippen LogP contribution is -2.08. The van der Waals surface area contributed by atoms with Crippen molar-refractivity contribution in [1.82, 2.24) is 9.78 Å². The van der Waals surface area contributed by atoms with Crippen LogP contribution in [0.2, 0.25) is 0 Å². The summed E-state index contributed by atoms with van der Waals surface area (Å²) in [4.78, 5) is 2.02. The maximum atomic E-state index is 12.5. The number of anilines is 2. The molecule has 0 amide bonds. The van der Waals surface area contributed by atoms with E-state index in [1.807, 2.05) is 43.3 Å². The largest absolute Gasteiger partial charge is 0.378 e. The highest BCUT2D eigenvalue weighted by Crippen LogP contribution is 2.19. The number of nitrogens with zero attached hydrogens (tertiary/aromatic N) is 3. The number of benzene rings is 1. The van der Waals surface area contributed by atoms with Crippen molar-refractivity contribution in [2.45, 2.75) is 20.0 Å². The van der Waals surface area contributed by atoms with Gasteiger partial charge < -0.3 is 10.2 Å². The van der Waals surface area contributed by atoms with Gasteiger partial charge in [0.05, 0.1) is 17.6 Å². The molecule has 0 saturated heterocycles. The van der Waals surface area contributed by atoms with E-state index in [2.05, 4.69) is 10.4 Å². The van der Waals surface area contributed by atoms with Gasteiger partial charge in [-0.2, -0.15) is 13.9 Å². The zero-order chi connectivity index (χ0) is 14.7. The predicted molar refractivity (Wildman–Crippen MR) is 76.3 cm³/mol. The third-order valence-corrected chi connectivity index (χ3v) is 3.05. The Morgan fingerprint density at radius 1 is 1.25 bits per heavy atom. The molecule has 1 aromatic heterocycles. The fourth-order valence-electron chi connectivity index (χ4n) is 1.86. The summed E-state index contributed by atoms with van der Waals surface area (Å²) in [6.45, 7) is -0.330. The Hall–Kier alpha value is -2.11. The van der Waals surface area contributed by atoms with E-state index in [0.29, 0.717) is 22.6 Å². The molecule has 0 fully saturated rings. The molecule has 0 aliphatic heterocycles. The van der Waals surface area contributed by atoms with Crippen molar-refractivity contribution in [2.75, 3.05) is 24.3 Å². The molecule has 4 nitrogen and oxygen atoms in total. The van der Waals surface area contributed by atoms with Crippen LogP contribution in [0.25, 0.3) is 0 Å². The minimum Gasteiger partial charge on any atom is -0.378 e. The van der Waals surface area contributed by atoms with Crippen LogP contribution in [0.15, 0.2) is 30.5 Å². The van der Waals surface area contributed by atoms with Crippen molar-refractivity contribution in [2.24, 2.45) is 0 Å². The summed E-state index contributed by atoms with van der Waals surface area (Å²) < 4.78 is 25.7. The van der Waals surface area contributed by atoms with Gasteiger partial charge in [0.1, 0.15) is 0 Å². The molecule has 0 unspecified atom stereocenters. The van der Waals surface area contributed by atoms with Gasteiger partial charge in [-0.3, -0.25) is 0 Å². The lowest BCUT2D eigenvalue weighted by atomic mass is 10.2. The monoisotopic (exact) mass is 280 g/mol. The normalized spacial score (nSPS) is 10.9. The second kappa shape index (κ2) is 5.90. The van der Waals surface area contributed by atoms with E-state index in [-0.39, 0.29) is 0 Å². The molecule has 0 aliphatic rings. The van der Waals surface area contributed by atoms with Crippen LogP contribution in [-0.2, 0) is 6.54 Å². The quantitative estimate of drug-likeness (QED) is 0.912. The molecular formula is C14H18F2N4. The Balaban J connectivity index is 2.01. The molecule has 1 aromatic carbocycles. The topological polar surface area (TPSA) is 33.1 Å². The van der Waals surface area contributed by atoms with Crippen molar-refractivity contribution < 1.29 is 8.78 Å². The van der Waals surface area contributed by atoms with E-state index in [4.69, 9.17) is 0 Å². The lowest BCUT2D eigenvalue weighted by Gasteiger charge is -2.13. The molecule has 2 rings (SSSR count). The van der Waals surface area contributed by atoms with Crippen molar-refractivity contribution >= 4 is 11.4 Å². The Morgan fingerprint density at radius 3 is 2.40 bits per heavy atom. The second-order valence-corrected chi connectivity index (χ2v) is 4.80. The highest BCUT2D eigenvalue weighted by molar-refractivity contribution is 5.48. The van der Waals surface area contributed by atoms with Gasteiger partial charge in [0.15, 0.2) is 0 Å². The van der Waals surface area contributed by atoms with Crippen LogP contribution < -0.4 is 10.2 Å². The number of halogens is 2. The van der Waals surface area contributed by atoms with Crippen molar-refractivity contribution in [1.29, 1.82) is 0 Å². The first-order valence-corrected chi connectivity index (χ1v) is 6.31. The minimum atomic E-state index is -2.61. The Kier molecular flexibility index (Phi) is 4.22. The predicted octanol–water partition coefficient (Wildman–Crippen LogP) is 3.26. The third-order valence-electron chi connectivity index (χ3n) is 3.05. The van der Waals surface area contributed by atoms with Crippen LogP contribution in [0.1, 0.15) is 17.8 Å². The van der Waals surface area contributed by atoms with Gasteiger partial charge in [0.25, 0.3) is 0 Å². The van der Waals surface area contributed by atoms with E-state index < -0.39 is 6.55 Å². The first kappa shape index (κ1) is 14.3. The maximum Gasteiger partial charge on any atom is 0.333 e. The average molecular weight is 280 g/mol. The number of aromatic nitrogens is 2. The molecule has 0 atom stereocenters. The maximum absolute atomic E-state index is 12.5. The highest BCUT2D eigenvalue weighted by Gasteiger charge is 2.10. The summed E-state index contributed by atoms with van der Waals surface area (Å²) >= 11 is 0. The lowest BCUT2D eigenvalue weighted by molar-refractivity contribution is 0.0563. The molecule has 0 saturated carbocycles. The summed E-state index contributed by atoms with van der Waals surface area (Å²) in [6.07, 6.45) is 1.33. The summed E-state index contributed by atoms with van der Waals surface area (Å²) in [5.41, 5.74) is 3.40. The molecule has 108 valence electrons. The first-order valence-electron chi connectivity index (χ1n) is 6.31. The number of rotatable bonds is 5. The summed E-state index contributed by atoms with van der Waals surface area (Å²) in [7, 11) is 3.96. The molecule has 0 radical (unpaired) electrons. The molecule has 20 heavy (non-hydrogen) atoms. The number of nitrogens with one attached hydrogen (secondary N) is 1. The minimum absolute atomic E-state index is 0.565. The Labute approximate surface area is 117 Å². The van der Waals surface area contributed by atoms with Crippen LogP contribution in [-0.4, -0.2) is 23.9 Å². The van der Waals surface area contributed by atoms with Crippen LogP contribution in [0, 0.1) is 6.92 Å². The third kappa shape index (κ3) is 3.26. The number of hydrogen-bond acceptors (Lipinski definition) is 3. The number of aryl methyl sites for hydroxylation is 1. The zero-order valence-electron chi connectivity index (χ0n) is 11.8. The van der Waals surface area contributed by atoms with E-state index in [1.54, 1.807) is 6.92 Å². The number of alkyl halides is 2. The SMILES string of the molecule is Cc1nn(C(F)F)cc1NCc1ccc(N(C)C)cc1. The fraction of sp³-hybridized carbons (Fsp3) is 0.357. The van der Waals surface area contributed by atoms with Crippen LogP contribution in [0.4, 0.5) is 20.2 Å². The van der Waals surface area contributed by atoms with Gasteiger partial charge in [0.2, 0.25) is 0 Å². The van der Waals surface area contributed by atoms with Crippen LogP contribution in [0.5, 0.6) is 0 Å². The zero-order valence-corrected chi connectivity index (χ0v) is 11.8. The standard InChI is InChI=1S/C14H18F2N4/c1-10-13(9-20(18-10)14(15)16)17-8-11-4-6-12(7-5-11)19(2)3/h4-7,9,14,17H,8H2,1-3H3. The van der Waals surface area contributed by atoms with E-state index in [1.165, 1.54) is 6.20 Å². The smallest absolute Gasteiger partial charge is 0.333 e. The van der Waals surface area contributed by atoms with Crippen molar-refractivity contribution in [3.8, 4) is 0 Å². The van der Waals surface area contributed by atoms with Gasteiger partial charge in [0, 0.05) is 26.3 Å². The highest BCUT2D eigenvalue weighted by atomic mass is 19.3. The van der Waals surface area contributed by atoms with Crippen LogP contribution in [0.3, 0.4) is 0 Å². The van der Waals surface area contributed by atoms with Gasteiger partial charge in [-0.05, 0) is 24.6 Å². The molecule has 6 heteroatoms. The Morgan fingerprint density at radius 2 is 1.90 bits per heavy atom. The van der Waals surface area contributed by atoms with Gasteiger partial charge in [-0.25, -0.2) is 4.68 Å². The summed E-state index contributed by atoms with van der Waals surface area (Å²) in [6, 6.07) is 8.06. The summed E-state index contributed by atoms with van der Waals surface area (Å²) in [5.74, 6) is 0. The fourth-order valence-corrected chi connectivity index (χ4v) is 1.86. The van der Waals surface area contributed by atoms with Crippen LogP contribution >= 0.6 is 0 Å². The average Bonchev–Trinajstić information content (AvgIpc) is 2.78. The van der Waals surface area contributed by atoms with E-state index in [0.717, 1.165) is 11.3 Å². The molecule has 1 heterocycles. The first-order chi connectivity index (χ1) is 9.47. The Bertz CT molecular complexity index is 561. The molecule has 0 aliphatic carbocycles. The molecule has 0 bridgehead atoms. The number of hydrogen-bond donors (Lipinski definition) is 1. The van der Waals surface area contributed by atoms with Gasteiger partial charge in [-0.1, -0.05) is 12.1 Å². The summed E-state index contributed by atoms with van der Waals surface area (Å²) in [5, 5.41) is 6.88. The molecule has 1 N–H and O–H groups in total. The van der Waals surface area contributed by atoms with Gasteiger partial charge in [-0.15, -0.1) is 0 Å². The van der Waals surface area contributed by atoms with Crippen molar-refractivity contribution in [3.63, 3.8) is 0 Å². The van der Waals surface area contributed by atoms with Crippen molar-refractivity contribution in [3.05, 3.63) is 41.7 Å². The molecule has 0 spiro atoms. The second-order valence-electron chi connectivity index (χ2n) is 4.80. The van der Waals surface area contributed by atoms with E-state index >= 15 is 0 Å². The van der Waals surface area contributed by atoms with E-state index in [9.17, 15) is 8.78 Å². The molecular weight excluding hydrogens is 262 g/mol.